The Bertz CT molecular complexity index is 494. The summed E-state index contributed by atoms with van der Waals surface area (Å²) in [6.07, 6.45) is -0.732. The van der Waals surface area contributed by atoms with Crippen molar-refractivity contribution < 1.29 is 29.0 Å². The summed E-state index contributed by atoms with van der Waals surface area (Å²) < 4.78 is 11.3. The van der Waals surface area contributed by atoms with Gasteiger partial charge >= 0.3 is 5.97 Å². The van der Waals surface area contributed by atoms with Crippen molar-refractivity contribution in [3.8, 4) is 0 Å². The molecule has 24 heavy (non-hydrogen) atoms. The number of nitrogens with one attached hydrogen (secondary N) is 2. The Hall–Kier alpha value is -1.32. The van der Waals surface area contributed by atoms with Crippen LogP contribution in [0.5, 0.6) is 0 Å². The van der Waals surface area contributed by atoms with E-state index in [0.29, 0.717) is 6.61 Å². The summed E-state index contributed by atoms with van der Waals surface area (Å²) in [5.74, 6) is -2.80. The Kier molecular flexibility index (Phi) is 7.06. The molecule has 138 valence electrons. The van der Waals surface area contributed by atoms with E-state index in [1.54, 1.807) is 13.8 Å². The quantitative estimate of drug-likeness (QED) is 0.480. The Morgan fingerprint density at radius 2 is 1.92 bits per heavy atom. The van der Waals surface area contributed by atoms with Crippen molar-refractivity contribution in [2.24, 2.45) is 5.41 Å². The fraction of sp³-hybridized carbons (Fsp3) is 0.800. The molecule has 0 radical (unpaired) electrons. The molecule has 0 saturated carbocycles. The van der Waals surface area contributed by atoms with Gasteiger partial charge in [0.2, 0.25) is 11.8 Å². The monoisotopic (exact) mass is 362 g/mol. The van der Waals surface area contributed by atoms with Gasteiger partial charge in [0.1, 0.15) is 12.1 Å². The molecule has 0 spiro atoms. The zero-order valence-electron chi connectivity index (χ0n) is 14.4. The SMILES string of the molecule is CC1(C)OCC(C)(C)[C@H](C(=O)NCCC(=O)NC(CS)C(=O)O)O1. The number of ether oxygens (including phenoxy) is 2. The second-order valence-corrected chi connectivity index (χ2v) is 7.22. The molecular weight excluding hydrogens is 336 g/mol. The molecule has 1 heterocycles. The molecule has 8 nitrogen and oxygen atoms in total. The Morgan fingerprint density at radius 1 is 1.29 bits per heavy atom. The van der Waals surface area contributed by atoms with Gasteiger partial charge in [-0.15, -0.1) is 0 Å². The van der Waals surface area contributed by atoms with E-state index in [0.717, 1.165) is 0 Å². The van der Waals surface area contributed by atoms with Crippen LogP contribution in [0.4, 0.5) is 0 Å². The minimum absolute atomic E-state index is 0.00732. The van der Waals surface area contributed by atoms with Crippen LogP contribution < -0.4 is 10.6 Å². The first-order valence-electron chi connectivity index (χ1n) is 7.71. The number of carboxylic acid groups (broad SMARTS) is 1. The van der Waals surface area contributed by atoms with Crippen LogP contribution in [0.25, 0.3) is 0 Å². The molecule has 1 aliphatic rings. The van der Waals surface area contributed by atoms with Gasteiger partial charge in [0, 0.05) is 24.1 Å². The number of rotatable bonds is 7. The number of carbonyl (C=O) groups excluding carboxylic acids is 2. The van der Waals surface area contributed by atoms with Crippen LogP contribution in [0.1, 0.15) is 34.1 Å². The number of aliphatic carboxylic acids is 1. The van der Waals surface area contributed by atoms with Crippen molar-refractivity contribution in [1.29, 1.82) is 0 Å². The highest BCUT2D eigenvalue weighted by Gasteiger charge is 2.45. The summed E-state index contributed by atoms with van der Waals surface area (Å²) in [4.78, 5) is 34.9. The first-order chi connectivity index (χ1) is 11.0. The van der Waals surface area contributed by atoms with Crippen LogP contribution in [-0.2, 0) is 23.9 Å². The highest BCUT2D eigenvalue weighted by molar-refractivity contribution is 7.80. The molecule has 1 saturated heterocycles. The summed E-state index contributed by atoms with van der Waals surface area (Å²) in [6, 6.07) is -1.05. The summed E-state index contributed by atoms with van der Waals surface area (Å²) >= 11 is 3.86. The Labute approximate surface area is 147 Å². The van der Waals surface area contributed by atoms with Gasteiger partial charge in [0.05, 0.1) is 6.61 Å². The van der Waals surface area contributed by atoms with Crippen LogP contribution in [0.15, 0.2) is 0 Å². The molecule has 0 aliphatic carbocycles. The van der Waals surface area contributed by atoms with Crippen molar-refractivity contribution >= 4 is 30.4 Å². The lowest BCUT2D eigenvalue weighted by Crippen LogP contribution is -2.56. The summed E-state index contributed by atoms with van der Waals surface area (Å²) in [7, 11) is 0. The molecule has 9 heteroatoms. The summed E-state index contributed by atoms with van der Waals surface area (Å²) in [5.41, 5.74) is -0.498. The van der Waals surface area contributed by atoms with Gasteiger partial charge in [-0.2, -0.15) is 12.6 Å². The zero-order chi connectivity index (χ0) is 18.5. The molecule has 1 aliphatic heterocycles. The number of thiol groups is 1. The molecular formula is C15H26N2O6S. The minimum Gasteiger partial charge on any atom is -0.480 e. The van der Waals surface area contributed by atoms with Gasteiger partial charge in [-0.1, -0.05) is 13.8 Å². The Morgan fingerprint density at radius 3 is 2.46 bits per heavy atom. The second kappa shape index (κ2) is 8.17. The van der Waals surface area contributed by atoms with Crippen molar-refractivity contribution in [3.05, 3.63) is 0 Å². The third-order valence-electron chi connectivity index (χ3n) is 3.61. The van der Waals surface area contributed by atoms with Crippen LogP contribution >= 0.6 is 12.6 Å². The average Bonchev–Trinajstić information content (AvgIpc) is 2.47. The van der Waals surface area contributed by atoms with E-state index < -0.39 is 35.2 Å². The van der Waals surface area contributed by atoms with Crippen molar-refractivity contribution in [3.63, 3.8) is 0 Å². The number of carbonyl (C=O) groups is 3. The lowest BCUT2D eigenvalue weighted by molar-refractivity contribution is -0.304. The first-order valence-corrected chi connectivity index (χ1v) is 8.34. The molecule has 0 aromatic rings. The topological polar surface area (TPSA) is 114 Å². The average molecular weight is 362 g/mol. The van der Waals surface area contributed by atoms with E-state index in [2.05, 4.69) is 23.3 Å². The van der Waals surface area contributed by atoms with Gasteiger partial charge in [-0.05, 0) is 13.8 Å². The number of hydrogen-bond donors (Lipinski definition) is 4. The highest BCUT2D eigenvalue weighted by atomic mass is 32.1. The van der Waals surface area contributed by atoms with Gasteiger partial charge in [-0.3, -0.25) is 9.59 Å². The van der Waals surface area contributed by atoms with Crippen LogP contribution in [0, 0.1) is 5.41 Å². The van der Waals surface area contributed by atoms with Gasteiger partial charge in [0.25, 0.3) is 0 Å². The molecule has 2 amide bonds. The third kappa shape index (κ3) is 5.95. The molecule has 3 N–H and O–H groups in total. The van der Waals surface area contributed by atoms with E-state index in [1.807, 2.05) is 13.8 Å². The maximum atomic E-state index is 12.3. The molecule has 0 aromatic carbocycles. The van der Waals surface area contributed by atoms with E-state index in [1.165, 1.54) is 0 Å². The van der Waals surface area contributed by atoms with Crippen LogP contribution in [-0.4, -0.2) is 59.7 Å². The molecule has 2 atom stereocenters. The maximum absolute atomic E-state index is 12.3. The lowest BCUT2D eigenvalue weighted by atomic mass is 9.85. The van der Waals surface area contributed by atoms with Crippen molar-refractivity contribution in [1.82, 2.24) is 10.6 Å². The lowest BCUT2D eigenvalue weighted by Gasteiger charge is -2.44. The van der Waals surface area contributed by atoms with Gasteiger partial charge in [0.15, 0.2) is 5.79 Å². The molecule has 0 bridgehead atoms. The number of amides is 2. The van der Waals surface area contributed by atoms with E-state index in [9.17, 15) is 14.4 Å². The predicted molar refractivity (Wildman–Crippen MR) is 89.7 cm³/mol. The predicted octanol–water partition coefficient (Wildman–Crippen LogP) is 0.170. The first kappa shape index (κ1) is 20.7. The number of hydrogen-bond acceptors (Lipinski definition) is 6. The van der Waals surface area contributed by atoms with Crippen molar-refractivity contribution in [2.75, 3.05) is 18.9 Å². The van der Waals surface area contributed by atoms with Crippen LogP contribution in [0.3, 0.4) is 0 Å². The fourth-order valence-corrected chi connectivity index (χ4v) is 2.41. The van der Waals surface area contributed by atoms with E-state index in [-0.39, 0.29) is 24.6 Å². The number of carboxylic acids is 1. The minimum atomic E-state index is -1.15. The summed E-state index contributed by atoms with van der Waals surface area (Å²) in [6.45, 7) is 7.66. The fourth-order valence-electron chi connectivity index (χ4n) is 2.17. The smallest absolute Gasteiger partial charge is 0.327 e. The largest absolute Gasteiger partial charge is 0.480 e. The molecule has 1 rings (SSSR count). The van der Waals surface area contributed by atoms with E-state index in [4.69, 9.17) is 14.6 Å². The third-order valence-corrected chi connectivity index (χ3v) is 3.97. The van der Waals surface area contributed by atoms with Gasteiger partial charge < -0.3 is 25.2 Å². The normalized spacial score (nSPS) is 23.1. The maximum Gasteiger partial charge on any atom is 0.327 e. The summed E-state index contributed by atoms with van der Waals surface area (Å²) in [5, 5.41) is 13.8. The molecule has 1 unspecified atom stereocenters. The van der Waals surface area contributed by atoms with Crippen LogP contribution in [0.2, 0.25) is 0 Å². The molecule has 1 fully saturated rings. The van der Waals surface area contributed by atoms with E-state index >= 15 is 0 Å². The second-order valence-electron chi connectivity index (χ2n) is 6.86. The van der Waals surface area contributed by atoms with Crippen molar-refractivity contribution in [2.45, 2.75) is 52.0 Å². The Balaban J connectivity index is 2.48. The van der Waals surface area contributed by atoms with Gasteiger partial charge in [-0.25, -0.2) is 4.79 Å². The highest BCUT2D eigenvalue weighted by Crippen LogP contribution is 2.34. The standard InChI is InChI=1S/C15H26N2O6S/c1-14(2)8-22-15(3,4)23-11(14)12(19)16-6-5-10(18)17-9(7-24)13(20)21/h9,11,24H,5-8H2,1-4H3,(H,16,19)(H,17,18)(H,20,21)/t9?,11-/m0/s1. The zero-order valence-corrected chi connectivity index (χ0v) is 15.3. The molecule has 0 aromatic heterocycles.